The van der Waals surface area contributed by atoms with Crippen LogP contribution in [-0.4, -0.2) is 37.2 Å². The summed E-state index contributed by atoms with van der Waals surface area (Å²) in [7, 11) is 0. The zero-order chi connectivity index (χ0) is 59.2. The molecule has 0 aromatic heterocycles. The van der Waals surface area contributed by atoms with Crippen molar-refractivity contribution in [1.29, 1.82) is 0 Å². The van der Waals surface area contributed by atoms with Gasteiger partial charge in [0, 0.05) is 19.3 Å². The fraction of sp³-hybridized carbons (Fsp3) is 0.882. The Morgan fingerprint density at radius 3 is 0.683 bits per heavy atom. The number of unbranched alkanes of at least 4 members (excludes halogenated alkanes) is 52. The molecule has 0 aliphatic carbocycles. The van der Waals surface area contributed by atoms with Gasteiger partial charge in [0.15, 0.2) is 6.10 Å². The molecule has 1 atom stereocenters. The molecule has 0 radical (unpaired) electrons. The van der Waals surface area contributed by atoms with Crippen molar-refractivity contribution >= 4 is 17.9 Å². The van der Waals surface area contributed by atoms with Crippen LogP contribution in [0.5, 0.6) is 0 Å². The van der Waals surface area contributed by atoms with Gasteiger partial charge in [-0.05, 0) is 77.0 Å². The second-order valence-corrected chi connectivity index (χ2v) is 25.2. The second-order valence-electron chi connectivity index (χ2n) is 25.2. The van der Waals surface area contributed by atoms with E-state index >= 15 is 0 Å². The topological polar surface area (TPSA) is 78.9 Å². The molecule has 6 heteroatoms. The highest BCUT2D eigenvalue weighted by Crippen LogP contribution is 2.19. The van der Waals surface area contributed by atoms with Crippen molar-refractivity contribution < 1.29 is 28.6 Å². The van der Waals surface area contributed by atoms with E-state index in [0.717, 1.165) is 64.2 Å². The average molecular weight is 1150 g/mol. The molecule has 0 aromatic carbocycles. The van der Waals surface area contributed by atoms with Crippen molar-refractivity contribution in [2.24, 2.45) is 0 Å². The predicted octanol–water partition coefficient (Wildman–Crippen LogP) is 25.5. The van der Waals surface area contributed by atoms with Gasteiger partial charge in [0.2, 0.25) is 0 Å². The molecule has 0 amide bonds. The number of carbonyl (C=O) groups is 3. The van der Waals surface area contributed by atoms with Crippen molar-refractivity contribution in [3.63, 3.8) is 0 Å². The quantitative estimate of drug-likeness (QED) is 0.0261. The van der Waals surface area contributed by atoms with E-state index in [2.05, 4.69) is 57.2 Å². The van der Waals surface area contributed by atoms with Gasteiger partial charge in [0.25, 0.3) is 0 Å². The molecule has 0 saturated carbocycles. The maximum absolute atomic E-state index is 13.0. The Kier molecular flexibility index (Phi) is 69.1. The number of hydrogen-bond acceptors (Lipinski definition) is 6. The smallest absolute Gasteiger partial charge is 0.306 e. The first kappa shape index (κ1) is 79.6. The molecule has 0 aromatic rings. The lowest BCUT2D eigenvalue weighted by atomic mass is 10.0. The van der Waals surface area contributed by atoms with Crippen molar-refractivity contribution in [1.82, 2.24) is 0 Å². The minimum Gasteiger partial charge on any atom is -0.462 e. The largest absolute Gasteiger partial charge is 0.462 e. The van der Waals surface area contributed by atoms with Crippen LogP contribution in [0.4, 0.5) is 0 Å². The SMILES string of the molecule is CCCCCCC/C=C\C/C=C\CCCCCCCCCCCCCCCC(=O)OCC(COC(=O)CCCCCCCCCCC/C=C\CCCCCCCC)OC(=O)CCCCCCCCCCCCCCCCCCCCCC. The number of carbonyl (C=O) groups excluding carboxylic acids is 3. The first-order chi connectivity index (χ1) is 40.5. The third kappa shape index (κ3) is 68.4. The highest BCUT2D eigenvalue weighted by Gasteiger charge is 2.20. The van der Waals surface area contributed by atoms with Crippen LogP contribution in [0, 0.1) is 0 Å². The molecular formula is C76H142O6. The third-order valence-electron chi connectivity index (χ3n) is 16.9. The summed E-state index contributed by atoms with van der Waals surface area (Å²) >= 11 is 0. The average Bonchev–Trinajstić information content (AvgIpc) is 3.47. The molecule has 0 bridgehead atoms. The van der Waals surface area contributed by atoms with E-state index in [9.17, 15) is 14.4 Å². The zero-order valence-corrected chi connectivity index (χ0v) is 55.5. The molecule has 482 valence electrons. The number of hydrogen-bond donors (Lipinski definition) is 0. The van der Waals surface area contributed by atoms with Gasteiger partial charge in [-0.25, -0.2) is 0 Å². The first-order valence-corrected chi connectivity index (χ1v) is 37.0. The molecule has 0 aliphatic rings. The molecule has 0 saturated heterocycles. The van der Waals surface area contributed by atoms with Gasteiger partial charge < -0.3 is 14.2 Å². The van der Waals surface area contributed by atoms with Crippen LogP contribution >= 0.6 is 0 Å². The minimum atomic E-state index is -0.772. The van der Waals surface area contributed by atoms with Crippen LogP contribution in [0.15, 0.2) is 36.5 Å². The van der Waals surface area contributed by atoms with Gasteiger partial charge in [0.1, 0.15) is 13.2 Å². The Bertz CT molecular complexity index is 1370. The van der Waals surface area contributed by atoms with E-state index in [0.29, 0.717) is 19.3 Å². The Morgan fingerprint density at radius 2 is 0.439 bits per heavy atom. The lowest BCUT2D eigenvalue weighted by Gasteiger charge is -2.18. The monoisotopic (exact) mass is 1150 g/mol. The zero-order valence-electron chi connectivity index (χ0n) is 55.5. The van der Waals surface area contributed by atoms with Crippen LogP contribution in [0.2, 0.25) is 0 Å². The molecule has 0 aliphatic heterocycles. The van der Waals surface area contributed by atoms with Gasteiger partial charge in [-0.3, -0.25) is 14.4 Å². The Hall–Kier alpha value is -2.37. The summed E-state index contributed by atoms with van der Waals surface area (Å²) in [4.78, 5) is 38.5. The summed E-state index contributed by atoms with van der Waals surface area (Å²) in [5.41, 5.74) is 0. The molecule has 82 heavy (non-hydrogen) atoms. The summed E-state index contributed by atoms with van der Waals surface area (Å²) in [6.07, 6.45) is 88.9. The summed E-state index contributed by atoms with van der Waals surface area (Å²) in [6.45, 7) is 6.71. The van der Waals surface area contributed by atoms with E-state index in [4.69, 9.17) is 14.2 Å². The van der Waals surface area contributed by atoms with Gasteiger partial charge in [-0.15, -0.1) is 0 Å². The fourth-order valence-electron chi connectivity index (χ4n) is 11.3. The van der Waals surface area contributed by atoms with Crippen LogP contribution in [0.1, 0.15) is 412 Å². The first-order valence-electron chi connectivity index (χ1n) is 37.0. The Labute approximate surface area is 512 Å². The fourth-order valence-corrected chi connectivity index (χ4v) is 11.3. The van der Waals surface area contributed by atoms with Crippen molar-refractivity contribution in [2.45, 2.75) is 419 Å². The number of allylic oxidation sites excluding steroid dienone is 6. The molecule has 0 heterocycles. The van der Waals surface area contributed by atoms with Gasteiger partial charge in [0.05, 0.1) is 0 Å². The normalized spacial score (nSPS) is 12.2. The lowest BCUT2D eigenvalue weighted by molar-refractivity contribution is -0.167. The molecule has 0 N–H and O–H groups in total. The van der Waals surface area contributed by atoms with Gasteiger partial charge in [-0.2, -0.15) is 0 Å². The Balaban J connectivity index is 4.29. The van der Waals surface area contributed by atoms with Crippen LogP contribution in [0.25, 0.3) is 0 Å². The van der Waals surface area contributed by atoms with Crippen molar-refractivity contribution in [3.8, 4) is 0 Å². The number of ether oxygens (including phenoxy) is 3. The molecule has 0 fully saturated rings. The predicted molar refractivity (Wildman–Crippen MR) is 358 cm³/mol. The van der Waals surface area contributed by atoms with Crippen molar-refractivity contribution in [2.75, 3.05) is 13.2 Å². The van der Waals surface area contributed by atoms with E-state index in [1.165, 1.54) is 308 Å². The van der Waals surface area contributed by atoms with Crippen LogP contribution in [0.3, 0.4) is 0 Å². The van der Waals surface area contributed by atoms with E-state index < -0.39 is 6.10 Å². The van der Waals surface area contributed by atoms with Gasteiger partial charge >= 0.3 is 17.9 Å². The van der Waals surface area contributed by atoms with Gasteiger partial charge in [-0.1, -0.05) is 353 Å². The highest BCUT2D eigenvalue weighted by atomic mass is 16.6. The molecular weight excluding hydrogens is 1010 g/mol. The number of esters is 3. The molecule has 0 rings (SSSR count). The molecule has 6 nitrogen and oxygen atoms in total. The van der Waals surface area contributed by atoms with Crippen molar-refractivity contribution in [3.05, 3.63) is 36.5 Å². The summed E-state index contributed by atoms with van der Waals surface area (Å²) < 4.78 is 17.0. The van der Waals surface area contributed by atoms with E-state index in [1.807, 2.05) is 0 Å². The maximum Gasteiger partial charge on any atom is 0.306 e. The minimum absolute atomic E-state index is 0.0676. The summed E-state index contributed by atoms with van der Waals surface area (Å²) in [5, 5.41) is 0. The third-order valence-corrected chi connectivity index (χ3v) is 16.9. The van der Waals surface area contributed by atoms with E-state index in [1.54, 1.807) is 0 Å². The highest BCUT2D eigenvalue weighted by molar-refractivity contribution is 5.71. The Morgan fingerprint density at radius 1 is 0.244 bits per heavy atom. The maximum atomic E-state index is 13.0. The summed E-state index contributed by atoms with van der Waals surface area (Å²) in [5.74, 6) is -0.836. The van der Waals surface area contributed by atoms with E-state index in [-0.39, 0.29) is 31.1 Å². The second kappa shape index (κ2) is 71.1. The molecule has 0 spiro atoms. The standard InChI is InChI=1S/C76H142O6/c1-4-7-10-13-16-19-22-25-28-31-34-36-37-38-39-40-43-45-48-51-54-57-60-63-66-69-75(78)81-72-73(71-80-74(77)68-65-62-59-56-53-50-47-44-41-33-30-27-24-21-18-15-12-9-6-3)82-76(79)70-67-64-61-58-55-52-49-46-42-35-32-29-26-23-20-17-14-11-8-5-2/h22,25,27,30-31,34,73H,4-21,23-24,26,28-29,32-33,35-72H2,1-3H3/b25-22-,30-27-,34-31-. The van der Waals surface area contributed by atoms with Crippen LogP contribution in [-0.2, 0) is 28.6 Å². The van der Waals surface area contributed by atoms with Crippen LogP contribution < -0.4 is 0 Å². The molecule has 1 unspecified atom stereocenters. The lowest BCUT2D eigenvalue weighted by Crippen LogP contribution is -2.30. The number of rotatable bonds is 69. The summed E-state index contributed by atoms with van der Waals surface area (Å²) in [6, 6.07) is 0.